The van der Waals surface area contributed by atoms with E-state index in [9.17, 15) is 4.79 Å². The minimum absolute atomic E-state index is 0.132. The topological polar surface area (TPSA) is 47.2 Å². The summed E-state index contributed by atoms with van der Waals surface area (Å²) in [6, 6.07) is 5.89. The van der Waals surface area contributed by atoms with E-state index in [1.165, 1.54) is 10.1 Å². The average molecular weight is 248 g/mol. The first kappa shape index (κ1) is 12.9. The van der Waals surface area contributed by atoms with E-state index in [2.05, 4.69) is 26.1 Å². The second-order valence-electron chi connectivity index (χ2n) is 5.66. The summed E-state index contributed by atoms with van der Waals surface area (Å²) in [5.41, 5.74) is 2.84. The van der Waals surface area contributed by atoms with Crippen LogP contribution in [0.3, 0.4) is 0 Å². The van der Waals surface area contributed by atoms with Crippen molar-refractivity contribution in [1.82, 2.24) is 9.88 Å². The van der Waals surface area contributed by atoms with Gasteiger partial charge in [0.2, 0.25) is 0 Å². The van der Waals surface area contributed by atoms with Gasteiger partial charge < -0.3 is 9.73 Å². The third kappa shape index (κ3) is 2.82. The monoisotopic (exact) mass is 248 g/mol. The molecule has 0 bridgehead atoms. The number of nitrogens with one attached hydrogen (secondary N) is 1. The minimum atomic E-state index is -0.310. The molecule has 1 N–H and O–H groups in total. The van der Waals surface area contributed by atoms with E-state index in [1.54, 1.807) is 7.05 Å². The molecule has 0 aliphatic carbocycles. The van der Waals surface area contributed by atoms with Crippen LogP contribution in [0.5, 0.6) is 0 Å². The predicted molar refractivity (Wildman–Crippen MR) is 72.9 cm³/mol. The number of fused-ring (bicyclic) bond motifs is 1. The maximum absolute atomic E-state index is 11.4. The molecule has 0 unspecified atom stereocenters. The Morgan fingerprint density at radius 1 is 1.33 bits per heavy atom. The predicted octanol–water partition coefficient (Wildman–Crippen LogP) is 2.06. The van der Waals surface area contributed by atoms with Crippen LogP contribution in [0.15, 0.2) is 27.4 Å². The zero-order valence-corrected chi connectivity index (χ0v) is 11.4. The average Bonchev–Trinajstić information content (AvgIpc) is 2.54. The fourth-order valence-corrected chi connectivity index (χ4v) is 1.91. The highest BCUT2D eigenvalue weighted by Crippen LogP contribution is 2.14. The van der Waals surface area contributed by atoms with Crippen LogP contribution in [0.4, 0.5) is 0 Å². The smallest absolute Gasteiger partial charge is 0.408 e. The lowest BCUT2D eigenvalue weighted by Gasteiger charge is -2.20. The van der Waals surface area contributed by atoms with Crippen molar-refractivity contribution in [3.63, 3.8) is 0 Å². The lowest BCUT2D eigenvalue weighted by Crippen LogP contribution is -2.37. The van der Waals surface area contributed by atoms with Crippen LogP contribution >= 0.6 is 0 Å². The number of benzene rings is 1. The molecule has 0 fully saturated rings. The summed E-state index contributed by atoms with van der Waals surface area (Å²) in [4.78, 5) is 11.4. The molecule has 1 aromatic heterocycles. The first-order chi connectivity index (χ1) is 8.37. The quantitative estimate of drug-likeness (QED) is 0.904. The number of hydrogen-bond donors (Lipinski definition) is 1. The van der Waals surface area contributed by atoms with E-state index in [-0.39, 0.29) is 11.3 Å². The van der Waals surface area contributed by atoms with E-state index in [0.29, 0.717) is 5.58 Å². The summed E-state index contributed by atoms with van der Waals surface area (Å²) in [7, 11) is 1.73. The lowest BCUT2D eigenvalue weighted by atomic mass is 10.1. The largest absolute Gasteiger partial charge is 0.419 e. The van der Waals surface area contributed by atoms with Gasteiger partial charge in [-0.1, -0.05) is 6.07 Å². The van der Waals surface area contributed by atoms with Crippen molar-refractivity contribution in [2.24, 2.45) is 7.05 Å². The van der Waals surface area contributed by atoms with Gasteiger partial charge in [-0.15, -0.1) is 0 Å². The number of rotatable bonds is 3. The van der Waals surface area contributed by atoms with Crippen LogP contribution < -0.4 is 11.1 Å². The highest BCUT2D eigenvalue weighted by atomic mass is 16.4. The summed E-state index contributed by atoms with van der Waals surface area (Å²) < 4.78 is 6.64. The molecule has 0 atom stereocenters. The highest BCUT2D eigenvalue weighted by Gasteiger charge is 2.09. The van der Waals surface area contributed by atoms with Crippen LogP contribution in [-0.4, -0.2) is 16.7 Å². The Hall–Kier alpha value is -1.55. The Morgan fingerprint density at radius 3 is 2.72 bits per heavy atom. The fourth-order valence-electron chi connectivity index (χ4n) is 1.91. The van der Waals surface area contributed by atoms with Crippen LogP contribution in [-0.2, 0) is 13.5 Å². The molecule has 1 heterocycles. The van der Waals surface area contributed by atoms with E-state index in [1.807, 2.05) is 18.2 Å². The lowest BCUT2D eigenvalue weighted by molar-refractivity contribution is 0.429. The van der Waals surface area contributed by atoms with Gasteiger partial charge in [0, 0.05) is 12.6 Å². The molecule has 98 valence electrons. The van der Waals surface area contributed by atoms with Crippen LogP contribution in [0.1, 0.15) is 26.3 Å². The Labute approximate surface area is 107 Å². The molecule has 2 aromatic rings. The first-order valence-corrected chi connectivity index (χ1v) is 6.20. The van der Waals surface area contributed by atoms with Gasteiger partial charge in [-0.05, 0) is 51.4 Å². The van der Waals surface area contributed by atoms with Crippen molar-refractivity contribution < 1.29 is 4.42 Å². The van der Waals surface area contributed by atoms with Crippen molar-refractivity contribution in [3.05, 3.63) is 34.3 Å². The second kappa shape index (κ2) is 4.61. The Balaban J connectivity index is 2.15. The van der Waals surface area contributed by atoms with Crippen molar-refractivity contribution in [3.8, 4) is 0 Å². The summed E-state index contributed by atoms with van der Waals surface area (Å²) in [6.07, 6.45) is 0.937. The molecule has 0 aliphatic rings. The van der Waals surface area contributed by atoms with Gasteiger partial charge in [0.15, 0.2) is 5.58 Å². The third-order valence-corrected chi connectivity index (χ3v) is 2.92. The molecule has 0 spiro atoms. The third-order valence-electron chi connectivity index (χ3n) is 2.92. The minimum Gasteiger partial charge on any atom is -0.408 e. The summed E-state index contributed by atoms with van der Waals surface area (Å²) in [6.45, 7) is 7.36. The van der Waals surface area contributed by atoms with Crippen molar-refractivity contribution >= 4 is 11.1 Å². The molecule has 1 aromatic carbocycles. The molecule has 4 heteroatoms. The second-order valence-corrected chi connectivity index (χ2v) is 5.66. The Morgan fingerprint density at radius 2 is 2.06 bits per heavy atom. The number of hydrogen-bond acceptors (Lipinski definition) is 3. The van der Waals surface area contributed by atoms with Gasteiger partial charge >= 0.3 is 5.76 Å². The molecular formula is C14H20N2O2. The summed E-state index contributed by atoms with van der Waals surface area (Å²) in [5, 5.41) is 3.45. The molecular weight excluding hydrogens is 228 g/mol. The van der Waals surface area contributed by atoms with Gasteiger partial charge in [-0.3, -0.25) is 4.57 Å². The van der Waals surface area contributed by atoms with E-state index >= 15 is 0 Å². The van der Waals surface area contributed by atoms with Crippen molar-refractivity contribution in [2.45, 2.75) is 32.7 Å². The zero-order valence-electron chi connectivity index (χ0n) is 11.4. The van der Waals surface area contributed by atoms with Crippen molar-refractivity contribution in [1.29, 1.82) is 0 Å². The molecule has 18 heavy (non-hydrogen) atoms. The summed E-state index contributed by atoms with van der Waals surface area (Å²) >= 11 is 0. The van der Waals surface area contributed by atoms with Crippen LogP contribution in [0.25, 0.3) is 11.1 Å². The van der Waals surface area contributed by atoms with Gasteiger partial charge in [0.25, 0.3) is 0 Å². The molecule has 0 radical (unpaired) electrons. The van der Waals surface area contributed by atoms with Crippen LogP contribution in [0, 0.1) is 0 Å². The van der Waals surface area contributed by atoms with Gasteiger partial charge in [-0.25, -0.2) is 4.79 Å². The standard InChI is InChI=1S/C14H20N2O2/c1-14(2,3)15-8-7-10-5-6-12-11(9-10)16(4)13(17)18-12/h5-6,9,15H,7-8H2,1-4H3. The van der Waals surface area contributed by atoms with Gasteiger partial charge in [0.05, 0.1) is 5.52 Å². The molecule has 0 saturated heterocycles. The molecule has 2 rings (SSSR count). The normalized spacial score (nSPS) is 12.2. The van der Waals surface area contributed by atoms with Crippen LogP contribution in [0.2, 0.25) is 0 Å². The first-order valence-electron chi connectivity index (χ1n) is 6.20. The van der Waals surface area contributed by atoms with Crippen molar-refractivity contribution in [2.75, 3.05) is 6.54 Å². The maximum Gasteiger partial charge on any atom is 0.419 e. The van der Waals surface area contributed by atoms with E-state index in [4.69, 9.17) is 4.42 Å². The number of aromatic nitrogens is 1. The maximum atomic E-state index is 11.4. The van der Waals surface area contributed by atoms with E-state index in [0.717, 1.165) is 18.5 Å². The highest BCUT2D eigenvalue weighted by molar-refractivity contribution is 5.73. The van der Waals surface area contributed by atoms with E-state index < -0.39 is 0 Å². The summed E-state index contributed by atoms with van der Waals surface area (Å²) in [5.74, 6) is -0.310. The zero-order chi connectivity index (χ0) is 13.3. The fraction of sp³-hybridized carbons (Fsp3) is 0.500. The SMILES string of the molecule is Cn1c(=O)oc2ccc(CCNC(C)(C)C)cc21. The van der Waals surface area contributed by atoms with Gasteiger partial charge in [-0.2, -0.15) is 0 Å². The molecule has 0 saturated carbocycles. The number of nitrogens with zero attached hydrogens (tertiary/aromatic N) is 1. The molecule has 0 aliphatic heterocycles. The Bertz CT molecular complexity index is 602. The molecule has 4 nitrogen and oxygen atoms in total. The number of oxazole rings is 1. The Kier molecular flexibility index (Phi) is 3.30. The molecule has 0 amide bonds. The number of aryl methyl sites for hydroxylation is 1. The van der Waals surface area contributed by atoms with Gasteiger partial charge in [0.1, 0.15) is 0 Å².